The quantitative estimate of drug-likeness (QED) is 0.564. The molecule has 2 aliphatic rings. The number of nitrogens with zero attached hydrogens (tertiary/aromatic N) is 1. The minimum absolute atomic E-state index is 0.0402. The smallest absolute Gasteiger partial charge is 0.222 e. The van der Waals surface area contributed by atoms with E-state index in [0.717, 1.165) is 18.4 Å². The molecule has 0 aromatic heterocycles. The van der Waals surface area contributed by atoms with Gasteiger partial charge in [0.25, 0.3) is 0 Å². The van der Waals surface area contributed by atoms with Gasteiger partial charge < -0.3 is 0 Å². The van der Waals surface area contributed by atoms with Crippen LogP contribution in [0.15, 0.2) is 30.3 Å². The molecule has 2 fully saturated rings. The Labute approximate surface area is 94.6 Å². The molecule has 4 atom stereocenters. The van der Waals surface area contributed by atoms with Crippen molar-refractivity contribution in [1.29, 1.82) is 0 Å². The summed E-state index contributed by atoms with van der Waals surface area (Å²) in [4.78, 5) is 11.1. The van der Waals surface area contributed by atoms with Gasteiger partial charge in [0.1, 0.15) is 0 Å². The second-order valence-electron chi connectivity index (χ2n) is 5.05. The molecule has 0 radical (unpaired) electrons. The minimum atomic E-state index is -0.332. The molecule has 84 valence electrons. The van der Waals surface area contributed by atoms with E-state index in [4.69, 9.17) is 0 Å². The fourth-order valence-electron chi connectivity index (χ4n) is 3.71. The van der Waals surface area contributed by atoms with Crippen LogP contribution in [0.5, 0.6) is 0 Å². The maximum absolute atomic E-state index is 11.2. The molecular formula is C13H15NO2. The van der Waals surface area contributed by atoms with Crippen LogP contribution in [0.2, 0.25) is 0 Å². The van der Waals surface area contributed by atoms with Gasteiger partial charge in [0.15, 0.2) is 0 Å². The molecule has 0 N–H and O–H groups in total. The number of rotatable bonds is 2. The van der Waals surface area contributed by atoms with Gasteiger partial charge in [-0.25, -0.2) is 0 Å². The fourth-order valence-corrected chi connectivity index (χ4v) is 3.71. The van der Waals surface area contributed by atoms with Crippen LogP contribution in [-0.2, 0) is 0 Å². The summed E-state index contributed by atoms with van der Waals surface area (Å²) in [5.74, 6) is 1.03. The van der Waals surface area contributed by atoms with E-state index in [1.807, 2.05) is 30.3 Å². The first-order valence-electron chi connectivity index (χ1n) is 5.96. The fraction of sp³-hybridized carbons (Fsp3) is 0.538. The molecule has 2 bridgehead atoms. The standard InChI is InChI=1S/C13H15NO2/c15-14(16)13-11-7-6-10(8-11)12(13)9-4-2-1-3-5-9/h1-5,10-13H,6-8H2/t10-,11+,12+,13+/m0/s1. The lowest BCUT2D eigenvalue weighted by Crippen LogP contribution is -2.33. The van der Waals surface area contributed by atoms with Crippen molar-refractivity contribution in [3.05, 3.63) is 46.0 Å². The Morgan fingerprint density at radius 2 is 1.81 bits per heavy atom. The van der Waals surface area contributed by atoms with E-state index in [-0.39, 0.29) is 16.9 Å². The minimum Gasteiger partial charge on any atom is -0.264 e. The summed E-state index contributed by atoms with van der Waals surface area (Å²) in [6.07, 6.45) is 3.29. The molecule has 16 heavy (non-hydrogen) atoms. The molecule has 0 saturated heterocycles. The zero-order valence-electron chi connectivity index (χ0n) is 9.08. The van der Waals surface area contributed by atoms with Crippen LogP contribution >= 0.6 is 0 Å². The van der Waals surface area contributed by atoms with Crippen LogP contribution in [0.4, 0.5) is 0 Å². The first-order chi connectivity index (χ1) is 7.77. The maximum atomic E-state index is 11.2. The van der Waals surface area contributed by atoms with Crippen LogP contribution in [0, 0.1) is 22.0 Å². The summed E-state index contributed by atoms with van der Waals surface area (Å²) in [7, 11) is 0. The molecule has 3 nitrogen and oxygen atoms in total. The lowest BCUT2D eigenvalue weighted by atomic mass is 9.80. The molecule has 0 amide bonds. The van der Waals surface area contributed by atoms with Gasteiger partial charge in [-0.15, -0.1) is 0 Å². The summed E-state index contributed by atoms with van der Waals surface area (Å²) in [5, 5.41) is 11.2. The summed E-state index contributed by atoms with van der Waals surface area (Å²) in [6.45, 7) is 0. The van der Waals surface area contributed by atoms with Gasteiger partial charge in [0.05, 0.1) is 5.92 Å². The van der Waals surface area contributed by atoms with E-state index >= 15 is 0 Å². The highest BCUT2D eigenvalue weighted by Gasteiger charge is 2.54. The van der Waals surface area contributed by atoms with Crippen LogP contribution in [0.3, 0.4) is 0 Å². The lowest BCUT2D eigenvalue weighted by molar-refractivity contribution is -0.534. The van der Waals surface area contributed by atoms with Gasteiger partial charge in [-0.2, -0.15) is 0 Å². The second kappa shape index (κ2) is 3.58. The Morgan fingerprint density at radius 1 is 1.12 bits per heavy atom. The van der Waals surface area contributed by atoms with Crippen molar-refractivity contribution in [3.8, 4) is 0 Å². The number of hydrogen-bond acceptors (Lipinski definition) is 2. The highest BCUT2D eigenvalue weighted by atomic mass is 16.6. The largest absolute Gasteiger partial charge is 0.264 e. The molecule has 0 spiro atoms. The lowest BCUT2D eigenvalue weighted by Gasteiger charge is -2.25. The van der Waals surface area contributed by atoms with Gasteiger partial charge in [-0.1, -0.05) is 30.3 Å². The highest BCUT2D eigenvalue weighted by molar-refractivity contribution is 5.25. The molecular weight excluding hydrogens is 202 g/mol. The normalized spacial score (nSPS) is 36.5. The molecule has 1 aromatic rings. The van der Waals surface area contributed by atoms with Gasteiger partial charge in [-0.3, -0.25) is 10.1 Å². The number of benzene rings is 1. The van der Waals surface area contributed by atoms with Crippen molar-refractivity contribution < 1.29 is 4.92 Å². The maximum Gasteiger partial charge on any atom is 0.222 e. The van der Waals surface area contributed by atoms with Crippen molar-refractivity contribution >= 4 is 0 Å². The van der Waals surface area contributed by atoms with Gasteiger partial charge >= 0.3 is 0 Å². The molecule has 2 aliphatic carbocycles. The topological polar surface area (TPSA) is 43.1 Å². The number of fused-ring (bicyclic) bond motifs is 2. The molecule has 1 aromatic carbocycles. The van der Waals surface area contributed by atoms with Gasteiger partial charge in [0.2, 0.25) is 6.04 Å². The molecule has 0 heterocycles. The third-order valence-corrected chi connectivity index (χ3v) is 4.30. The van der Waals surface area contributed by atoms with E-state index in [2.05, 4.69) is 0 Å². The van der Waals surface area contributed by atoms with Crippen LogP contribution in [0.1, 0.15) is 30.7 Å². The van der Waals surface area contributed by atoms with E-state index in [1.165, 1.54) is 6.42 Å². The Balaban J connectivity index is 1.97. The number of hydrogen-bond donors (Lipinski definition) is 0. The van der Waals surface area contributed by atoms with Crippen molar-refractivity contribution in [1.82, 2.24) is 0 Å². The Hall–Kier alpha value is -1.38. The molecule has 3 heteroatoms. The Bertz CT molecular complexity index is 404. The average Bonchev–Trinajstić information content (AvgIpc) is 2.89. The Morgan fingerprint density at radius 3 is 2.50 bits per heavy atom. The molecule has 0 unspecified atom stereocenters. The Kier molecular flexibility index (Phi) is 2.20. The summed E-state index contributed by atoms with van der Waals surface area (Å²) in [5.41, 5.74) is 1.16. The van der Waals surface area contributed by atoms with E-state index in [0.29, 0.717) is 11.8 Å². The highest BCUT2D eigenvalue weighted by Crippen LogP contribution is 2.53. The summed E-state index contributed by atoms with van der Waals surface area (Å²) in [6, 6.07) is 9.69. The van der Waals surface area contributed by atoms with Crippen LogP contribution in [-0.4, -0.2) is 11.0 Å². The molecule has 3 rings (SSSR count). The van der Waals surface area contributed by atoms with Crippen LogP contribution < -0.4 is 0 Å². The SMILES string of the molecule is O=[N+]([O-])[C@@H]1[C@@H]2CC[C@@H](C2)[C@H]1c1ccccc1. The predicted molar refractivity (Wildman–Crippen MR) is 60.8 cm³/mol. The second-order valence-corrected chi connectivity index (χ2v) is 5.05. The molecule has 2 saturated carbocycles. The van der Waals surface area contributed by atoms with E-state index in [9.17, 15) is 10.1 Å². The third-order valence-electron chi connectivity index (χ3n) is 4.30. The number of nitro groups is 1. The summed E-state index contributed by atoms with van der Waals surface area (Å²) < 4.78 is 0. The van der Waals surface area contributed by atoms with E-state index < -0.39 is 0 Å². The first-order valence-corrected chi connectivity index (χ1v) is 5.96. The van der Waals surface area contributed by atoms with Crippen molar-refractivity contribution in [3.63, 3.8) is 0 Å². The van der Waals surface area contributed by atoms with Gasteiger partial charge in [0, 0.05) is 10.8 Å². The van der Waals surface area contributed by atoms with Crippen LogP contribution in [0.25, 0.3) is 0 Å². The van der Waals surface area contributed by atoms with Crippen molar-refractivity contribution in [2.75, 3.05) is 0 Å². The zero-order valence-corrected chi connectivity index (χ0v) is 9.08. The zero-order chi connectivity index (χ0) is 11.1. The average molecular weight is 217 g/mol. The monoisotopic (exact) mass is 217 g/mol. The van der Waals surface area contributed by atoms with Crippen molar-refractivity contribution in [2.24, 2.45) is 11.8 Å². The van der Waals surface area contributed by atoms with Crippen molar-refractivity contribution in [2.45, 2.75) is 31.2 Å². The van der Waals surface area contributed by atoms with Gasteiger partial charge in [-0.05, 0) is 30.7 Å². The summed E-state index contributed by atoms with van der Waals surface area (Å²) >= 11 is 0. The third kappa shape index (κ3) is 1.34. The molecule has 0 aliphatic heterocycles. The van der Waals surface area contributed by atoms with E-state index in [1.54, 1.807) is 0 Å². The first kappa shape index (κ1) is 9.82. The predicted octanol–water partition coefficient (Wildman–Crippen LogP) is 2.85.